The van der Waals surface area contributed by atoms with Gasteiger partial charge in [0.2, 0.25) is 0 Å². The average Bonchev–Trinajstić information content (AvgIpc) is 3.24. The lowest BCUT2D eigenvalue weighted by molar-refractivity contribution is -0.384. The van der Waals surface area contributed by atoms with Crippen molar-refractivity contribution in [3.05, 3.63) is 52.6 Å². The van der Waals surface area contributed by atoms with Crippen LogP contribution in [0.3, 0.4) is 0 Å². The Kier molecular flexibility index (Phi) is 4.07. The third-order valence-electron chi connectivity index (χ3n) is 4.05. The van der Waals surface area contributed by atoms with Crippen molar-refractivity contribution in [1.82, 2.24) is 14.5 Å². The van der Waals surface area contributed by atoms with Crippen molar-refractivity contribution in [1.29, 1.82) is 0 Å². The van der Waals surface area contributed by atoms with Crippen LogP contribution in [0.1, 0.15) is 23.2 Å². The van der Waals surface area contributed by atoms with Gasteiger partial charge in [0.15, 0.2) is 0 Å². The number of imidazole rings is 1. The number of nitro benzene ring substituents is 1. The molecule has 0 saturated carbocycles. The van der Waals surface area contributed by atoms with Crippen LogP contribution in [0.4, 0.5) is 5.69 Å². The topological polar surface area (TPSA) is 102 Å². The SMILES string of the molecule is O=C(c1ccc(-n2ccnc2)c([N+](=O)[O-])c1)N1CCC[C@@H]1CO. The van der Waals surface area contributed by atoms with E-state index < -0.39 is 4.92 Å². The Labute approximate surface area is 132 Å². The van der Waals surface area contributed by atoms with E-state index >= 15 is 0 Å². The number of likely N-dealkylation sites (tertiary alicyclic amines) is 1. The minimum absolute atomic E-state index is 0.0963. The highest BCUT2D eigenvalue weighted by atomic mass is 16.6. The van der Waals surface area contributed by atoms with Crippen molar-refractivity contribution in [2.24, 2.45) is 0 Å². The number of aliphatic hydroxyl groups is 1. The van der Waals surface area contributed by atoms with E-state index in [1.807, 2.05) is 0 Å². The van der Waals surface area contributed by atoms with Crippen LogP contribution in [0.25, 0.3) is 5.69 Å². The predicted octanol–water partition coefficient (Wildman–Crippen LogP) is 1.38. The summed E-state index contributed by atoms with van der Waals surface area (Å²) in [5.41, 5.74) is 0.443. The summed E-state index contributed by atoms with van der Waals surface area (Å²) in [6.07, 6.45) is 6.17. The summed E-state index contributed by atoms with van der Waals surface area (Å²) in [5, 5.41) is 20.7. The zero-order chi connectivity index (χ0) is 16.4. The molecule has 1 aliphatic heterocycles. The van der Waals surface area contributed by atoms with Gasteiger partial charge in [-0.25, -0.2) is 4.98 Å². The van der Waals surface area contributed by atoms with Crippen molar-refractivity contribution in [3.8, 4) is 5.69 Å². The van der Waals surface area contributed by atoms with E-state index in [4.69, 9.17) is 0 Å². The van der Waals surface area contributed by atoms with Gasteiger partial charge in [0.1, 0.15) is 5.69 Å². The largest absolute Gasteiger partial charge is 0.394 e. The number of hydrogen-bond acceptors (Lipinski definition) is 5. The van der Waals surface area contributed by atoms with Gasteiger partial charge < -0.3 is 14.6 Å². The fourth-order valence-corrected chi connectivity index (χ4v) is 2.88. The number of nitrogens with zero attached hydrogens (tertiary/aromatic N) is 4. The molecule has 1 aliphatic rings. The second-order valence-corrected chi connectivity index (χ2v) is 5.41. The Morgan fingerprint density at radius 3 is 2.96 bits per heavy atom. The Bertz CT molecular complexity index is 729. The molecular formula is C15H16N4O4. The standard InChI is InChI=1S/C15H16N4O4/c20-9-12-2-1-6-18(12)15(21)11-3-4-13(14(8-11)19(22)23)17-7-5-16-10-17/h3-5,7-8,10,12,20H,1-2,6,9H2/t12-/m1/s1. The van der Waals surface area contributed by atoms with Crippen molar-refractivity contribution in [2.75, 3.05) is 13.2 Å². The molecular weight excluding hydrogens is 300 g/mol. The van der Waals surface area contributed by atoms with Crippen LogP contribution in [0.2, 0.25) is 0 Å². The van der Waals surface area contributed by atoms with E-state index in [-0.39, 0.29) is 29.8 Å². The molecule has 8 nitrogen and oxygen atoms in total. The molecule has 0 bridgehead atoms. The summed E-state index contributed by atoms with van der Waals surface area (Å²) in [4.78, 5) is 28.8. The third-order valence-corrected chi connectivity index (χ3v) is 4.05. The van der Waals surface area contributed by atoms with Gasteiger partial charge in [-0.1, -0.05) is 0 Å². The Balaban J connectivity index is 1.97. The van der Waals surface area contributed by atoms with Gasteiger partial charge in [-0.2, -0.15) is 0 Å². The monoisotopic (exact) mass is 316 g/mol. The molecule has 2 heterocycles. The minimum atomic E-state index is -0.514. The van der Waals surface area contributed by atoms with Crippen LogP contribution in [-0.4, -0.2) is 49.6 Å². The van der Waals surface area contributed by atoms with Gasteiger partial charge in [-0.05, 0) is 25.0 Å². The normalized spacial score (nSPS) is 17.4. The van der Waals surface area contributed by atoms with E-state index in [1.54, 1.807) is 17.2 Å². The van der Waals surface area contributed by atoms with Crippen LogP contribution in [0.15, 0.2) is 36.9 Å². The molecule has 3 rings (SSSR count). The maximum atomic E-state index is 12.6. The lowest BCUT2D eigenvalue weighted by Crippen LogP contribution is -2.37. The van der Waals surface area contributed by atoms with Crippen LogP contribution in [0, 0.1) is 10.1 Å². The minimum Gasteiger partial charge on any atom is -0.394 e. The quantitative estimate of drug-likeness (QED) is 0.678. The molecule has 1 N–H and O–H groups in total. The first-order valence-electron chi connectivity index (χ1n) is 7.30. The fourth-order valence-electron chi connectivity index (χ4n) is 2.88. The molecule has 2 aromatic rings. The summed E-state index contributed by atoms with van der Waals surface area (Å²) in [6, 6.07) is 4.17. The summed E-state index contributed by atoms with van der Waals surface area (Å²) in [7, 11) is 0. The zero-order valence-electron chi connectivity index (χ0n) is 12.3. The van der Waals surface area contributed by atoms with Crippen LogP contribution >= 0.6 is 0 Å². The zero-order valence-corrected chi connectivity index (χ0v) is 12.3. The number of amides is 1. The number of aromatic nitrogens is 2. The molecule has 120 valence electrons. The molecule has 1 fully saturated rings. The van der Waals surface area contributed by atoms with Gasteiger partial charge in [0.05, 0.1) is 23.9 Å². The number of nitro groups is 1. The molecule has 0 unspecified atom stereocenters. The first-order valence-corrected chi connectivity index (χ1v) is 7.30. The van der Waals surface area contributed by atoms with E-state index in [2.05, 4.69) is 4.98 Å². The number of carbonyl (C=O) groups excluding carboxylic acids is 1. The molecule has 23 heavy (non-hydrogen) atoms. The van der Waals surface area contributed by atoms with Crippen molar-refractivity contribution in [2.45, 2.75) is 18.9 Å². The smallest absolute Gasteiger partial charge is 0.294 e. The van der Waals surface area contributed by atoms with E-state index in [0.29, 0.717) is 12.2 Å². The van der Waals surface area contributed by atoms with Gasteiger partial charge in [-0.15, -0.1) is 0 Å². The molecule has 1 amide bonds. The molecule has 0 radical (unpaired) electrons. The lowest BCUT2D eigenvalue weighted by atomic mass is 10.1. The number of hydrogen-bond donors (Lipinski definition) is 1. The van der Waals surface area contributed by atoms with Crippen molar-refractivity contribution in [3.63, 3.8) is 0 Å². The van der Waals surface area contributed by atoms with Gasteiger partial charge >= 0.3 is 0 Å². The molecule has 8 heteroatoms. The predicted molar refractivity (Wildman–Crippen MR) is 81.4 cm³/mol. The van der Waals surface area contributed by atoms with Crippen LogP contribution in [-0.2, 0) is 0 Å². The Morgan fingerprint density at radius 1 is 1.48 bits per heavy atom. The Hall–Kier alpha value is -2.74. The van der Waals surface area contributed by atoms with Gasteiger partial charge in [-0.3, -0.25) is 14.9 Å². The fraction of sp³-hybridized carbons (Fsp3) is 0.333. The first-order chi connectivity index (χ1) is 11.1. The number of rotatable bonds is 4. The summed E-state index contributed by atoms with van der Waals surface area (Å²) < 4.78 is 1.53. The molecule has 1 atom stereocenters. The first kappa shape index (κ1) is 15.2. The highest BCUT2D eigenvalue weighted by Gasteiger charge is 2.30. The van der Waals surface area contributed by atoms with E-state index in [0.717, 1.165) is 12.8 Å². The van der Waals surface area contributed by atoms with Gasteiger partial charge in [0.25, 0.3) is 11.6 Å². The summed E-state index contributed by atoms with van der Waals surface area (Å²) in [6.45, 7) is 0.460. The Morgan fingerprint density at radius 2 is 2.30 bits per heavy atom. The van der Waals surface area contributed by atoms with Crippen LogP contribution < -0.4 is 0 Å². The maximum Gasteiger partial charge on any atom is 0.294 e. The number of benzene rings is 1. The van der Waals surface area contributed by atoms with Crippen molar-refractivity contribution < 1.29 is 14.8 Å². The molecule has 0 spiro atoms. The second kappa shape index (κ2) is 6.17. The van der Waals surface area contributed by atoms with E-state index in [9.17, 15) is 20.0 Å². The lowest BCUT2D eigenvalue weighted by Gasteiger charge is -2.23. The third kappa shape index (κ3) is 2.80. The van der Waals surface area contributed by atoms with E-state index in [1.165, 1.54) is 29.2 Å². The van der Waals surface area contributed by atoms with Gasteiger partial charge in [0, 0.05) is 30.6 Å². The van der Waals surface area contributed by atoms with Crippen LogP contribution in [0.5, 0.6) is 0 Å². The highest BCUT2D eigenvalue weighted by Crippen LogP contribution is 2.26. The number of aliphatic hydroxyl groups excluding tert-OH is 1. The molecule has 1 aromatic carbocycles. The summed E-state index contributed by atoms with van der Waals surface area (Å²) in [5.74, 6) is -0.290. The summed E-state index contributed by atoms with van der Waals surface area (Å²) >= 11 is 0. The molecule has 1 saturated heterocycles. The average molecular weight is 316 g/mol. The highest BCUT2D eigenvalue weighted by molar-refractivity contribution is 5.95. The molecule has 0 aliphatic carbocycles. The maximum absolute atomic E-state index is 12.6. The van der Waals surface area contributed by atoms with Crippen molar-refractivity contribution >= 4 is 11.6 Å². The number of carbonyl (C=O) groups is 1. The second-order valence-electron chi connectivity index (χ2n) is 5.41. The molecule has 1 aromatic heterocycles.